The van der Waals surface area contributed by atoms with E-state index in [0.29, 0.717) is 5.96 Å². The zero-order valence-electron chi connectivity index (χ0n) is 15.7. The lowest BCUT2D eigenvalue weighted by Crippen LogP contribution is -2.52. The standard InChI is InChI=1S/C18H24FN5O3S/c1-20-18(21-7-13-28(25,26)17-5-3-2-4-16(17)19)24-10-8-23(9-11-24)14-15-6-12-27-22-15/h2-6,12H,7-11,13-14H2,1H3,(H,20,21). The van der Waals surface area contributed by atoms with E-state index in [0.717, 1.165) is 44.5 Å². The molecular formula is C18H24FN5O3S. The molecule has 3 rings (SSSR count). The number of aromatic nitrogens is 1. The molecule has 0 amide bonds. The third-order valence-corrected chi connectivity index (χ3v) is 6.33. The maximum Gasteiger partial charge on any atom is 0.193 e. The van der Waals surface area contributed by atoms with Crippen LogP contribution in [0.25, 0.3) is 0 Å². The summed E-state index contributed by atoms with van der Waals surface area (Å²) in [6.07, 6.45) is 1.56. The van der Waals surface area contributed by atoms with E-state index in [-0.39, 0.29) is 17.2 Å². The quantitative estimate of drug-likeness (QED) is 0.562. The third-order valence-electron chi connectivity index (χ3n) is 4.59. The highest BCUT2D eigenvalue weighted by atomic mass is 32.2. The average molecular weight is 409 g/mol. The molecule has 0 atom stereocenters. The van der Waals surface area contributed by atoms with Crippen molar-refractivity contribution in [2.24, 2.45) is 4.99 Å². The van der Waals surface area contributed by atoms with Crippen LogP contribution in [0.5, 0.6) is 0 Å². The number of sulfone groups is 1. The van der Waals surface area contributed by atoms with Crippen molar-refractivity contribution in [1.29, 1.82) is 0 Å². The topological polar surface area (TPSA) is 91.0 Å². The molecule has 8 nitrogen and oxygen atoms in total. The van der Waals surface area contributed by atoms with Gasteiger partial charge in [-0.3, -0.25) is 9.89 Å². The number of benzene rings is 1. The van der Waals surface area contributed by atoms with Gasteiger partial charge in [-0.15, -0.1) is 0 Å². The van der Waals surface area contributed by atoms with Crippen LogP contribution in [0.3, 0.4) is 0 Å². The van der Waals surface area contributed by atoms with Gasteiger partial charge in [0, 0.05) is 52.4 Å². The highest BCUT2D eigenvalue weighted by molar-refractivity contribution is 7.91. The van der Waals surface area contributed by atoms with Crippen molar-refractivity contribution in [2.45, 2.75) is 11.4 Å². The number of guanidine groups is 1. The first-order valence-electron chi connectivity index (χ1n) is 9.04. The minimum absolute atomic E-state index is 0.155. The number of hydrogen-bond donors (Lipinski definition) is 1. The van der Waals surface area contributed by atoms with Gasteiger partial charge in [0.25, 0.3) is 0 Å². The van der Waals surface area contributed by atoms with E-state index in [1.165, 1.54) is 18.2 Å². The van der Waals surface area contributed by atoms with Gasteiger partial charge >= 0.3 is 0 Å². The molecule has 152 valence electrons. The molecule has 1 saturated heterocycles. The van der Waals surface area contributed by atoms with Gasteiger partial charge in [0.15, 0.2) is 15.8 Å². The molecule has 10 heteroatoms. The molecule has 0 spiro atoms. The molecule has 0 bridgehead atoms. The number of rotatable bonds is 6. The smallest absolute Gasteiger partial charge is 0.193 e. The van der Waals surface area contributed by atoms with Crippen LogP contribution in [-0.2, 0) is 16.4 Å². The van der Waals surface area contributed by atoms with Gasteiger partial charge in [0.05, 0.1) is 11.4 Å². The summed E-state index contributed by atoms with van der Waals surface area (Å²) in [5.74, 6) is -0.293. The summed E-state index contributed by atoms with van der Waals surface area (Å²) >= 11 is 0. The molecule has 1 N–H and O–H groups in total. The maximum atomic E-state index is 13.8. The summed E-state index contributed by atoms with van der Waals surface area (Å²) in [5.41, 5.74) is 0.898. The first-order chi connectivity index (χ1) is 13.5. The number of nitrogens with one attached hydrogen (secondary N) is 1. The van der Waals surface area contributed by atoms with Crippen LogP contribution in [0.4, 0.5) is 4.39 Å². The zero-order valence-corrected chi connectivity index (χ0v) is 16.5. The Morgan fingerprint density at radius 2 is 2.00 bits per heavy atom. The lowest BCUT2D eigenvalue weighted by atomic mass is 10.3. The van der Waals surface area contributed by atoms with Gasteiger partial charge in [-0.2, -0.15) is 0 Å². The van der Waals surface area contributed by atoms with Crippen molar-refractivity contribution in [3.63, 3.8) is 0 Å². The first-order valence-corrected chi connectivity index (χ1v) is 10.7. The molecule has 0 aliphatic carbocycles. The van der Waals surface area contributed by atoms with Gasteiger partial charge in [0.1, 0.15) is 17.0 Å². The van der Waals surface area contributed by atoms with Crippen molar-refractivity contribution < 1.29 is 17.3 Å². The molecule has 0 saturated carbocycles. The Bertz CT molecular complexity index is 894. The molecule has 1 aromatic carbocycles. The van der Waals surface area contributed by atoms with Gasteiger partial charge in [-0.1, -0.05) is 17.3 Å². The largest absolute Gasteiger partial charge is 0.364 e. The van der Waals surface area contributed by atoms with E-state index in [2.05, 4.69) is 25.3 Å². The summed E-state index contributed by atoms with van der Waals surface area (Å²) in [7, 11) is -2.04. The average Bonchev–Trinajstić information content (AvgIpc) is 3.19. The van der Waals surface area contributed by atoms with Crippen molar-refractivity contribution in [3.05, 3.63) is 48.1 Å². The summed E-state index contributed by atoms with van der Waals surface area (Å²) in [5, 5.41) is 7.00. The van der Waals surface area contributed by atoms with Crippen LogP contribution < -0.4 is 5.32 Å². The van der Waals surface area contributed by atoms with Gasteiger partial charge in [0.2, 0.25) is 0 Å². The van der Waals surface area contributed by atoms with Crippen molar-refractivity contribution in [2.75, 3.05) is 45.5 Å². The van der Waals surface area contributed by atoms with Gasteiger partial charge < -0.3 is 14.7 Å². The first kappa shape index (κ1) is 20.3. The normalized spacial score (nSPS) is 16.4. The summed E-state index contributed by atoms with van der Waals surface area (Å²) in [6.45, 7) is 4.08. The molecule has 0 radical (unpaired) electrons. The van der Waals surface area contributed by atoms with Crippen LogP contribution in [-0.4, -0.2) is 74.9 Å². The van der Waals surface area contributed by atoms with Crippen LogP contribution >= 0.6 is 0 Å². The SMILES string of the molecule is CN=C(NCCS(=O)(=O)c1ccccc1F)N1CCN(Cc2ccon2)CC1. The highest BCUT2D eigenvalue weighted by Gasteiger charge is 2.22. The molecule has 2 heterocycles. The van der Waals surface area contributed by atoms with E-state index in [1.54, 1.807) is 13.3 Å². The molecule has 1 aromatic heterocycles. The number of aliphatic imine (C=N–C) groups is 1. The highest BCUT2D eigenvalue weighted by Crippen LogP contribution is 2.15. The summed E-state index contributed by atoms with van der Waals surface area (Å²) in [6, 6.07) is 7.27. The molecule has 1 fully saturated rings. The van der Waals surface area contributed by atoms with Crippen molar-refractivity contribution in [3.8, 4) is 0 Å². The minimum Gasteiger partial charge on any atom is -0.364 e. The fourth-order valence-electron chi connectivity index (χ4n) is 3.10. The second kappa shape index (κ2) is 9.16. The Morgan fingerprint density at radius 3 is 2.64 bits per heavy atom. The molecule has 1 aliphatic heterocycles. The number of nitrogens with zero attached hydrogens (tertiary/aromatic N) is 4. The van der Waals surface area contributed by atoms with E-state index < -0.39 is 15.7 Å². The molecule has 1 aliphatic rings. The summed E-state index contributed by atoms with van der Waals surface area (Å²) < 4.78 is 43.3. The van der Waals surface area contributed by atoms with Crippen LogP contribution in [0, 0.1) is 5.82 Å². The zero-order chi connectivity index (χ0) is 20.0. The van der Waals surface area contributed by atoms with Crippen LogP contribution in [0.1, 0.15) is 5.69 Å². The Balaban J connectivity index is 1.48. The van der Waals surface area contributed by atoms with Crippen LogP contribution in [0.15, 0.2) is 51.0 Å². The van der Waals surface area contributed by atoms with Crippen molar-refractivity contribution >= 4 is 15.8 Å². The lowest BCUT2D eigenvalue weighted by Gasteiger charge is -2.36. The Morgan fingerprint density at radius 1 is 1.25 bits per heavy atom. The molecule has 28 heavy (non-hydrogen) atoms. The van der Waals surface area contributed by atoms with Gasteiger partial charge in [-0.05, 0) is 12.1 Å². The fraction of sp³-hybridized carbons (Fsp3) is 0.444. The monoisotopic (exact) mass is 409 g/mol. The van der Waals surface area contributed by atoms with E-state index in [9.17, 15) is 12.8 Å². The second-order valence-electron chi connectivity index (χ2n) is 6.48. The second-order valence-corrected chi connectivity index (χ2v) is 8.55. The minimum atomic E-state index is -3.70. The summed E-state index contributed by atoms with van der Waals surface area (Å²) in [4.78, 5) is 8.32. The number of halogens is 1. The Labute approximate surface area is 163 Å². The predicted octanol–water partition coefficient (Wildman–Crippen LogP) is 0.981. The number of hydrogen-bond acceptors (Lipinski definition) is 6. The third kappa shape index (κ3) is 5.08. The van der Waals surface area contributed by atoms with E-state index >= 15 is 0 Å². The van der Waals surface area contributed by atoms with E-state index in [4.69, 9.17) is 4.52 Å². The lowest BCUT2D eigenvalue weighted by molar-refractivity contribution is 0.169. The number of piperazine rings is 1. The Kier molecular flexibility index (Phi) is 6.63. The Hall–Kier alpha value is -2.46. The molecule has 0 unspecified atom stereocenters. The molecule has 2 aromatic rings. The van der Waals surface area contributed by atoms with Gasteiger partial charge in [-0.25, -0.2) is 12.8 Å². The van der Waals surface area contributed by atoms with E-state index in [1.807, 2.05) is 6.07 Å². The van der Waals surface area contributed by atoms with Crippen molar-refractivity contribution in [1.82, 2.24) is 20.3 Å². The van der Waals surface area contributed by atoms with Crippen LogP contribution in [0.2, 0.25) is 0 Å². The fourth-order valence-corrected chi connectivity index (χ4v) is 4.34. The molecular weight excluding hydrogens is 385 g/mol. The predicted molar refractivity (Wildman–Crippen MR) is 103 cm³/mol. The maximum absolute atomic E-state index is 13.8.